The Morgan fingerprint density at radius 2 is 2.57 bits per heavy atom. The molecule has 4 heteroatoms. The largest absolute Gasteiger partial charge is 0.465 e. The van der Waals surface area contributed by atoms with Gasteiger partial charge in [0.25, 0.3) is 0 Å². The highest BCUT2D eigenvalue weighted by atomic mass is 16.3. The molecule has 0 saturated heterocycles. The minimum absolute atomic E-state index is 0.0691. The first-order valence-corrected chi connectivity index (χ1v) is 4.35. The van der Waals surface area contributed by atoms with Crippen LogP contribution in [0, 0.1) is 0 Å². The molecule has 0 radical (unpaired) electrons. The van der Waals surface area contributed by atoms with Gasteiger partial charge in [0.1, 0.15) is 5.76 Å². The molecule has 76 valence electrons. The molecule has 2 N–H and O–H groups in total. The number of hydrogen-bond donors (Lipinski definition) is 2. The summed E-state index contributed by atoms with van der Waals surface area (Å²) >= 11 is 0. The van der Waals surface area contributed by atoms with Crippen LogP contribution in [0.25, 0.3) is 6.08 Å². The van der Waals surface area contributed by atoms with Crippen LogP contribution in [0.2, 0.25) is 0 Å². The number of hydrogen-bond acceptors (Lipinski definition) is 3. The number of nitrogens with one attached hydrogen (secondary N) is 1. The lowest BCUT2D eigenvalue weighted by atomic mass is 10.3. The Kier molecular flexibility index (Phi) is 3.94. The number of carbonyl (C=O) groups is 1. The van der Waals surface area contributed by atoms with Gasteiger partial charge < -0.3 is 14.8 Å². The summed E-state index contributed by atoms with van der Waals surface area (Å²) in [5, 5.41) is 11.3. The average Bonchev–Trinajstić information content (AvgIpc) is 2.67. The Labute approximate surface area is 82.2 Å². The van der Waals surface area contributed by atoms with Crippen LogP contribution in [0.3, 0.4) is 0 Å². The Balaban J connectivity index is 2.41. The quantitative estimate of drug-likeness (QED) is 0.698. The second kappa shape index (κ2) is 5.24. The van der Waals surface area contributed by atoms with E-state index in [2.05, 4.69) is 5.32 Å². The molecule has 0 aliphatic carbocycles. The van der Waals surface area contributed by atoms with Crippen molar-refractivity contribution < 1.29 is 14.3 Å². The topological polar surface area (TPSA) is 62.5 Å². The molecule has 0 fully saturated rings. The summed E-state index contributed by atoms with van der Waals surface area (Å²) in [5.41, 5.74) is 0. The van der Waals surface area contributed by atoms with Gasteiger partial charge in [-0.3, -0.25) is 4.79 Å². The molecule has 0 spiro atoms. The Morgan fingerprint density at radius 3 is 3.14 bits per heavy atom. The predicted octanol–water partition coefficient (Wildman–Crippen LogP) is 0.790. The highest BCUT2D eigenvalue weighted by molar-refractivity contribution is 5.91. The second-order valence-corrected chi connectivity index (χ2v) is 2.94. The first-order valence-electron chi connectivity index (χ1n) is 4.35. The summed E-state index contributed by atoms with van der Waals surface area (Å²) in [5.74, 6) is 0.375. The van der Waals surface area contributed by atoms with E-state index in [1.807, 2.05) is 0 Å². The number of aliphatic hydroxyl groups excluding tert-OH is 1. The van der Waals surface area contributed by atoms with Crippen LogP contribution in [-0.4, -0.2) is 23.7 Å². The second-order valence-electron chi connectivity index (χ2n) is 2.94. The van der Waals surface area contributed by atoms with Gasteiger partial charge >= 0.3 is 0 Å². The first-order chi connectivity index (χ1) is 6.72. The molecule has 1 rings (SSSR count). The molecule has 0 saturated carbocycles. The summed E-state index contributed by atoms with van der Waals surface area (Å²) in [6, 6.07) is 3.26. The van der Waals surface area contributed by atoms with Gasteiger partial charge in [-0.05, 0) is 25.1 Å². The van der Waals surface area contributed by atoms with Gasteiger partial charge in [-0.2, -0.15) is 0 Å². The third-order valence-corrected chi connectivity index (χ3v) is 1.60. The van der Waals surface area contributed by atoms with E-state index in [1.54, 1.807) is 25.1 Å². The molecule has 1 aromatic heterocycles. The molecule has 4 nitrogen and oxygen atoms in total. The van der Waals surface area contributed by atoms with E-state index in [4.69, 9.17) is 9.52 Å². The molecule has 1 heterocycles. The van der Waals surface area contributed by atoms with Gasteiger partial charge in [0.05, 0.1) is 12.9 Å². The van der Waals surface area contributed by atoms with E-state index in [9.17, 15) is 4.79 Å². The maximum Gasteiger partial charge on any atom is 0.244 e. The van der Waals surface area contributed by atoms with E-state index >= 15 is 0 Å². The molecule has 1 atom stereocenters. The zero-order chi connectivity index (χ0) is 10.4. The van der Waals surface area contributed by atoms with Crippen molar-refractivity contribution in [1.82, 2.24) is 5.32 Å². The summed E-state index contributed by atoms with van der Waals surface area (Å²) in [6.07, 6.45) is 4.47. The Hall–Kier alpha value is -1.55. The maximum absolute atomic E-state index is 11.2. The fourth-order valence-corrected chi connectivity index (χ4v) is 0.881. The monoisotopic (exact) mass is 195 g/mol. The lowest BCUT2D eigenvalue weighted by Gasteiger charge is -2.07. The molecule has 1 unspecified atom stereocenters. The van der Waals surface area contributed by atoms with Crippen molar-refractivity contribution >= 4 is 12.0 Å². The Morgan fingerprint density at radius 1 is 1.79 bits per heavy atom. The van der Waals surface area contributed by atoms with Crippen molar-refractivity contribution in [3.63, 3.8) is 0 Å². The standard InChI is InChI=1S/C10H13NO3/c1-8(7-12)11-10(13)5-4-9-3-2-6-14-9/h2-6,8,12H,7H2,1H3,(H,11,13)/b5-4+. The maximum atomic E-state index is 11.2. The molecule has 1 amide bonds. The van der Waals surface area contributed by atoms with Crippen LogP contribution in [0.1, 0.15) is 12.7 Å². The predicted molar refractivity (Wildman–Crippen MR) is 52.4 cm³/mol. The Bertz CT molecular complexity index is 303. The van der Waals surface area contributed by atoms with Crippen molar-refractivity contribution in [3.8, 4) is 0 Å². The van der Waals surface area contributed by atoms with Crippen molar-refractivity contribution in [2.45, 2.75) is 13.0 Å². The van der Waals surface area contributed by atoms with Gasteiger partial charge in [-0.1, -0.05) is 0 Å². The third kappa shape index (κ3) is 3.45. The lowest BCUT2D eigenvalue weighted by Crippen LogP contribution is -2.33. The number of carbonyl (C=O) groups excluding carboxylic acids is 1. The van der Waals surface area contributed by atoms with Crippen LogP contribution in [-0.2, 0) is 4.79 Å². The minimum Gasteiger partial charge on any atom is -0.465 e. The average molecular weight is 195 g/mol. The molecule has 0 aromatic carbocycles. The first kappa shape index (κ1) is 10.5. The number of aliphatic hydroxyl groups is 1. The van der Waals surface area contributed by atoms with Crippen LogP contribution in [0.5, 0.6) is 0 Å². The molecule has 1 aromatic rings. The summed E-state index contributed by atoms with van der Waals surface area (Å²) < 4.78 is 5.00. The van der Waals surface area contributed by atoms with Gasteiger partial charge in [-0.25, -0.2) is 0 Å². The van der Waals surface area contributed by atoms with Gasteiger partial charge in [0.2, 0.25) is 5.91 Å². The van der Waals surface area contributed by atoms with Crippen LogP contribution in [0.4, 0.5) is 0 Å². The van der Waals surface area contributed by atoms with E-state index < -0.39 is 0 Å². The molecular weight excluding hydrogens is 182 g/mol. The van der Waals surface area contributed by atoms with Gasteiger partial charge in [0.15, 0.2) is 0 Å². The van der Waals surface area contributed by atoms with E-state index in [1.165, 1.54) is 12.3 Å². The lowest BCUT2D eigenvalue weighted by molar-refractivity contribution is -0.117. The normalized spacial score (nSPS) is 13.0. The van der Waals surface area contributed by atoms with Crippen molar-refractivity contribution in [2.24, 2.45) is 0 Å². The zero-order valence-electron chi connectivity index (χ0n) is 7.93. The molecule has 0 aliphatic heterocycles. The fraction of sp³-hybridized carbons (Fsp3) is 0.300. The smallest absolute Gasteiger partial charge is 0.244 e. The number of furan rings is 1. The van der Waals surface area contributed by atoms with E-state index in [0.717, 1.165) is 0 Å². The van der Waals surface area contributed by atoms with Gasteiger partial charge in [0, 0.05) is 12.1 Å². The fourth-order valence-electron chi connectivity index (χ4n) is 0.881. The molecular formula is C10H13NO3. The van der Waals surface area contributed by atoms with Crippen molar-refractivity contribution in [2.75, 3.05) is 6.61 Å². The van der Waals surface area contributed by atoms with Crippen LogP contribution in [0.15, 0.2) is 28.9 Å². The highest BCUT2D eigenvalue weighted by Gasteiger charge is 2.01. The van der Waals surface area contributed by atoms with Crippen LogP contribution >= 0.6 is 0 Å². The highest BCUT2D eigenvalue weighted by Crippen LogP contribution is 2.01. The van der Waals surface area contributed by atoms with E-state index in [0.29, 0.717) is 5.76 Å². The van der Waals surface area contributed by atoms with E-state index in [-0.39, 0.29) is 18.6 Å². The molecule has 0 aliphatic rings. The zero-order valence-corrected chi connectivity index (χ0v) is 7.93. The SMILES string of the molecule is CC(CO)NC(=O)/C=C/c1ccco1. The summed E-state index contributed by atoms with van der Waals surface area (Å²) in [7, 11) is 0. The van der Waals surface area contributed by atoms with Crippen LogP contribution < -0.4 is 5.32 Å². The minimum atomic E-state index is -0.247. The van der Waals surface area contributed by atoms with Crippen molar-refractivity contribution in [1.29, 1.82) is 0 Å². The molecule has 14 heavy (non-hydrogen) atoms. The summed E-state index contributed by atoms with van der Waals surface area (Å²) in [4.78, 5) is 11.2. The third-order valence-electron chi connectivity index (χ3n) is 1.60. The summed E-state index contributed by atoms with van der Waals surface area (Å²) in [6.45, 7) is 1.65. The van der Waals surface area contributed by atoms with Gasteiger partial charge in [-0.15, -0.1) is 0 Å². The number of amides is 1. The molecule has 0 bridgehead atoms. The van der Waals surface area contributed by atoms with Crippen molar-refractivity contribution in [3.05, 3.63) is 30.2 Å². The number of rotatable bonds is 4.